The van der Waals surface area contributed by atoms with Gasteiger partial charge in [-0.05, 0) is 25.3 Å². The van der Waals surface area contributed by atoms with Crippen LogP contribution in [-0.2, 0) is 11.3 Å². The molecule has 1 aromatic heterocycles. The molecule has 0 bridgehead atoms. The van der Waals surface area contributed by atoms with E-state index in [2.05, 4.69) is 0 Å². The zero-order chi connectivity index (χ0) is 12.4. The molecule has 3 nitrogen and oxygen atoms in total. The number of hydrogen-bond acceptors (Lipinski definition) is 3. The number of aliphatic hydroxyl groups is 1. The van der Waals surface area contributed by atoms with E-state index in [1.807, 2.05) is 0 Å². The first-order valence-electron chi connectivity index (χ1n) is 5.74. The smallest absolute Gasteiger partial charge is 0.295 e. The van der Waals surface area contributed by atoms with E-state index in [0.717, 1.165) is 12.8 Å². The van der Waals surface area contributed by atoms with E-state index in [4.69, 9.17) is 14.3 Å². The van der Waals surface area contributed by atoms with Crippen LogP contribution in [0.25, 0.3) is 0 Å². The third-order valence-corrected chi connectivity index (χ3v) is 3.29. The molecule has 1 N–H and O–H groups in total. The quantitative estimate of drug-likeness (QED) is 0.891. The van der Waals surface area contributed by atoms with Crippen LogP contribution in [0, 0.1) is 6.92 Å². The van der Waals surface area contributed by atoms with Gasteiger partial charge in [-0.25, -0.2) is 8.78 Å². The summed E-state index contributed by atoms with van der Waals surface area (Å²) in [7, 11) is 0. The van der Waals surface area contributed by atoms with Crippen LogP contribution in [0.4, 0.5) is 8.78 Å². The van der Waals surface area contributed by atoms with Crippen molar-refractivity contribution in [3.63, 3.8) is 0 Å². The monoisotopic (exact) mass is 246 g/mol. The van der Waals surface area contributed by atoms with Gasteiger partial charge in [0, 0.05) is 24.7 Å². The summed E-state index contributed by atoms with van der Waals surface area (Å²) >= 11 is 0. The fraction of sp³-hybridized carbons (Fsp3) is 0.667. The largest absolute Gasteiger partial charge is 0.459 e. The maximum atomic E-state index is 12.7. The van der Waals surface area contributed by atoms with Gasteiger partial charge in [-0.3, -0.25) is 0 Å². The predicted octanol–water partition coefficient (Wildman–Crippen LogP) is 2.91. The Morgan fingerprint density at radius 1 is 1.35 bits per heavy atom. The second-order valence-electron chi connectivity index (χ2n) is 4.28. The van der Waals surface area contributed by atoms with Gasteiger partial charge in [0.15, 0.2) is 5.76 Å². The van der Waals surface area contributed by atoms with Crippen LogP contribution < -0.4 is 0 Å². The van der Waals surface area contributed by atoms with Crippen molar-refractivity contribution in [1.29, 1.82) is 0 Å². The third-order valence-electron chi connectivity index (χ3n) is 3.29. The van der Waals surface area contributed by atoms with E-state index in [0.29, 0.717) is 24.5 Å². The lowest BCUT2D eigenvalue weighted by Crippen LogP contribution is -2.14. The maximum absolute atomic E-state index is 12.7. The van der Waals surface area contributed by atoms with E-state index in [1.54, 1.807) is 6.92 Å². The molecule has 1 aliphatic heterocycles. The molecule has 2 heterocycles. The third kappa shape index (κ3) is 2.35. The molecule has 5 heteroatoms. The van der Waals surface area contributed by atoms with Crippen LogP contribution in [0.15, 0.2) is 4.42 Å². The van der Waals surface area contributed by atoms with Crippen molar-refractivity contribution in [3.8, 4) is 0 Å². The van der Waals surface area contributed by atoms with E-state index >= 15 is 0 Å². The van der Waals surface area contributed by atoms with Crippen LogP contribution in [0.3, 0.4) is 0 Å². The van der Waals surface area contributed by atoms with Gasteiger partial charge >= 0.3 is 0 Å². The highest BCUT2D eigenvalue weighted by molar-refractivity contribution is 5.34. The Hall–Kier alpha value is -0.940. The molecule has 0 saturated carbocycles. The fourth-order valence-corrected chi connectivity index (χ4v) is 2.31. The molecule has 1 fully saturated rings. The minimum absolute atomic E-state index is 0.126. The molecular formula is C12H16F2O3. The summed E-state index contributed by atoms with van der Waals surface area (Å²) in [6.45, 7) is 2.58. The van der Waals surface area contributed by atoms with Crippen molar-refractivity contribution >= 4 is 0 Å². The molecule has 0 aromatic carbocycles. The molecule has 1 saturated heterocycles. The van der Waals surface area contributed by atoms with Crippen LogP contribution in [0.1, 0.15) is 47.8 Å². The number of rotatable bonds is 3. The Morgan fingerprint density at radius 3 is 2.47 bits per heavy atom. The molecule has 0 amide bonds. The molecule has 2 rings (SSSR count). The Bertz CT molecular complexity index is 381. The molecule has 1 aromatic rings. The number of alkyl halides is 2. The number of furan rings is 1. The van der Waals surface area contributed by atoms with E-state index < -0.39 is 13.0 Å². The van der Waals surface area contributed by atoms with Gasteiger partial charge in [0.25, 0.3) is 6.43 Å². The van der Waals surface area contributed by atoms with Gasteiger partial charge < -0.3 is 14.3 Å². The lowest BCUT2D eigenvalue weighted by molar-refractivity contribution is 0.0765. The minimum Gasteiger partial charge on any atom is -0.459 e. The highest BCUT2D eigenvalue weighted by Gasteiger charge is 2.28. The van der Waals surface area contributed by atoms with Gasteiger partial charge in [0.1, 0.15) is 5.76 Å². The summed E-state index contributed by atoms with van der Waals surface area (Å²) in [5.74, 6) is 0.334. The molecule has 0 spiro atoms. The van der Waals surface area contributed by atoms with Crippen molar-refractivity contribution in [3.05, 3.63) is 22.6 Å². The Labute approximate surface area is 98.4 Å². The number of halogens is 2. The SMILES string of the molecule is Cc1c(C2CCOCC2)oc(C(F)F)c1CO. The van der Waals surface area contributed by atoms with Gasteiger partial charge in [0.2, 0.25) is 0 Å². The predicted molar refractivity (Wildman–Crippen MR) is 57.1 cm³/mol. The van der Waals surface area contributed by atoms with Crippen LogP contribution >= 0.6 is 0 Å². The normalized spacial score (nSPS) is 17.9. The first-order valence-corrected chi connectivity index (χ1v) is 5.74. The van der Waals surface area contributed by atoms with Gasteiger partial charge in [-0.2, -0.15) is 0 Å². The fourth-order valence-electron chi connectivity index (χ4n) is 2.31. The zero-order valence-electron chi connectivity index (χ0n) is 9.71. The summed E-state index contributed by atoms with van der Waals surface area (Å²) in [5.41, 5.74) is 0.899. The van der Waals surface area contributed by atoms with Crippen molar-refractivity contribution in [2.75, 3.05) is 13.2 Å². The summed E-state index contributed by atoms with van der Waals surface area (Å²) < 4.78 is 36.0. The van der Waals surface area contributed by atoms with Crippen molar-refractivity contribution < 1.29 is 23.0 Å². The van der Waals surface area contributed by atoms with Crippen LogP contribution in [0.5, 0.6) is 0 Å². The Morgan fingerprint density at radius 2 is 2.00 bits per heavy atom. The highest BCUT2D eigenvalue weighted by atomic mass is 19.3. The van der Waals surface area contributed by atoms with Gasteiger partial charge in [-0.15, -0.1) is 0 Å². The topological polar surface area (TPSA) is 42.6 Å². The Kier molecular flexibility index (Phi) is 3.79. The zero-order valence-corrected chi connectivity index (χ0v) is 9.71. The van der Waals surface area contributed by atoms with E-state index in [9.17, 15) is 8.78 Å². The second kappa shape index (κ2) is 5.14. The first kappa shape index (κ1) is 12.5. The van der Waals surface area contributed by atoms with Crippen molar-refractivity contribution in [2.45, 2.75) is 38.7 Å². The summed E-state index contributed by atoms with van der Waals surface area (Å²) in [5, 5.41) is 9.14. The summed E-state index contributed by atoms with van der Waals surface area (Å²) in [6, 6.07) is 0. The molecule has 0 unspecified atom stereocenters. The molecule has 0 atom stereocenters. The lowest BCUT2D eigenvalue weighted by Gasteiger charge is -2.20. The standard InChI is InChI=1S/C12H16F2O3/c1-7-9(6-15)11(12(13)14)17-10(7)8-2-4-16-5-3-8/h8,12,15H,2-6H2,1H3. The van der Waals surface area contributed by atoms with Crippen LogP contribution in [0.2, 0.25) is 0 Å². The minimum atomic E-state index is -2.68. The summed E-state index contributed by atoms with van der Waals surface area (Å²) in [4.78, 5) is 0. The highest BCUT2D eigenvalue weighted by Crippen LogP contribution is 2.37. The van der Waals surface area contributed by atoms with Gasteiger partial charge in [-0.1, -0.05) is 0 Å². The molecule has 17 heavy (non-hydrogen) atoms. The number of aliphatic hydroxyl groups excluding tert-OH is 1. The second-order valence-corrected chi connectivity index (χ2v) is 4.28. The average Bonchev–Trinajstić information content (AvgIpc) is 2.67. The Balaban J connectivity index is 2.33. The van der Waals surface area contributed by atoms with E-state index in [1.165, 1.54) is 0 Å². The lowest BCUT2D eigenvalue weighted by atomic mass is 9.94. The molecular weight excluding hydrogens is 230 g/mol. The van der Waals surface area contributed by atoms with Crippen molar-refractivity contribution in [2.24, 2.45) is 0 Å². The average molecular weight is 246 g/mol. The number of hydrogen-bond donors (Lipinski definition) is 1. The van der Waals surface area contributed by atoms with Crippen LogP contribution in [-0.4, -0.2) is 18.3 Å². The van der Waals surface area contributed by atoms with Crippen molar-refractivity contribution in [1.82, 2.24) is 0 Å². The maximum Gasteiger partial charge on any atom is 0.295 e. The first-order chi connectivity index (χ1) is 8.15. The molecule has 96 valence electrons. The summed E-state index contributed by atoms with van der Waals surface area (Å²) in [6.07, 6.45) is -1.12. The van der Waals surface area contributed by atoms with Gasteiger partial charge in [0.05, 0.1) is 6.61 Å². The van der Waals surface area contributed by atoms with E-state index in [-0.39, 0.29) is 17.2 Å². The number of ether oxygens (including phenoxy) is 1. The molecule has 0 aliphatic carbocycles. The molecule has 0 radical (unpaired) electrons. The molecule has 1 aliphatic rings.